The summed E-state index contributed by atoms with van der Waals surface area (Å²) in [6.45, 7) is 0. The first-order valence-electron chi connectivity index (χ1n) is 7.40. The lowest BCUT2D eigenvalue weighted by atomic mass is 10.1. The summed E-state index contributed by atoms with van der Waals surface area (Å²) in [6.07, 6.45) is 3.95. The van der Waals surface area contributed by atoms with E-state index in [1.807, 2.05) is 46.4 Å². The minimum Gasteiger partial charge on any atom is -0.322 e. The van der Waals surface area contributed by atoms with Crippen molar-refractivity contribution < 1.29 is 4.79 Å². The van der Waals surface area contributed by atoms with Gasteiger partial charge in [-0.25, -0.2) is 4.98 Å². The number of fused-ring (bicyclic) bond motifs is 1. The van der Waals surface area contributed by atoms with E-state index in [0.29, 0.717) is 16.3 Å². The number of thiazole rings is 1. The third-order valence-corrected chi connectivity index (χ3v) is 5.32. The number of aromatic nitrogens is 2. The second kappa shape index (κ2) is 6.52. The van der Waals surface area contributed by atoms with Gasteiger partial charge in [-0.1, -0.05) is 41.4 Å². The zero-order valence-corrected chi connectivity index (χ0v) is 15.1. The molecule has 0 aliphatic heterocycles. The van der Waals surface area contributed by atoms with Crippen molar-refractivity contribution in [2.45, 2.75) is 0 Å². The maximum atomic E-state index is 12.4. The Bertz CT molecular complexity index is 1040. The standard InChI is InChI=1S/C18H11Cl2N3OS/c19-14-3-1-2-13(16(14)20)17(24)21-12-6-4-11(5-7-12)15-10-23-8-9-25-18(23)22-15/h1-10H,(H,21,24). The first kappa shape index (κ1) is 16.1. The smallest absolute Gasteiger partial charge is 0.257 e. The molecule has 0 radical (unpaired) electrons. The maximum Gasteiger partial charge on any atom is 0.257 e. The predicted octanol–water partition coefficient (Wildman–Crippen LogP) is 5.62. The van der Waals surface area contributed by atoms with Gasteiger partial charge in [0.1, 0.15) is 0 Å². The maximum absolute atomic E-state index is 12.4. The molecule has 0 aliphatic carbocycles. The highest BCUT2D eigenvalue weighted by Gasteiger charge is 2.13. The molecule has 0 saturated carbocycles. The third kappa shape index (κ3) is 3.14. The van der Waals surface area contributed by atoms with Crippen LogP contribution in [0.4, 0.5) is 5.69 Å². The Labute approximate surface area is 157 Å². The zero-order chi connectivity index (χ0) is 17.4. The molecule has 1 amide bonds. The number of rotatable bonds is 3. The summed E-state index contributed by atoms with van der Waals surface area (Å²) in [5.74, 6) is -0.303. The van der Waals surface area contributed by atoms with Gasteiger partial charge in [0.2, 0.25) is 0 Å². The van der Waals surface area contributed by atoms with E-state index in [1.165, 1.54) is 0 Å². The van der Waals surface area contributed by atoms with Gasteiger partial charge in [0, 0.05) is 29.0 Å². The second-order valence-corrected chi connectivity index (χ2v) is 7.01. The fraction of sp³-hybridized carbons (Fsp3) is 0. The van der Waals surface area contributed by atoms with Crippen molar-refractivity contribution in [1.29, 1.82) is 0 Å². The molecule has 124 valence electrons. The van der Waals surface area contributed by atoms with Crippen LogP contribution in [0.25, 0.3) is 16.2 Å². The van der Waals surface area contributed by atoms with Gasteiger partial charge in [0.25, 0.3) is 5.91 Å². The van der Waals surface area contributed by atoms with Crippen LogP contribution in [-0.4, -0.2) is 15.3 Å². The van der Waals surface area contributed by atoms with Gasteiger partial charge in [-0.2, -0.15) is 0 Å². The van der Waals surface area contributed by atoms with Crippen molar-refractivity contribution in [3.63, 3.8) is 0 Å². The van der Waals surface area contributed by atoms with E-state index in [0.717, 1.165) is 16.2 Å². The minimum absolute atomic E-state index is 0.247. The topological polar surface area (TPSA) is 46.4 Å². The summed E-state index contributed by atoms with van der Waals surface area (Å²) in [7, 11) is 0. The Kier molecular flexibility index (Phi) is 4.21. The van der Waals surface area contributed by atoms with Crippen molar-refractivity contribution in [2.24, 2.45) is 0 Å². The van der Waals surface area contributed by atoms with E-state index in [4.69, 9.17) is 23.2 Å². The summed E-state index contributed by atoms with van der Waals surface area (Å²) in [5.41, 5.74) is 2.88. The Hall–Kier alpha value is -2.34. The summed E-state index contributed by atoms with van der Waals surface area (Å²) < 4.78 is 1.98. The molecule has 7 heteroatoms. The van der Waals surface area contributed by atoms with Crippen LogP contribution in [0.5, 0.6) is 0 Å². The average molecular weight is 388 g/mol. The Morgan fingerprint density at radius 2 is 1.92 bits per heavy atom. The minimum atomic E-state index is -0.303. The Morgan fingerprint density at radius 3 is 2.68 bits per heavy atom. The van der Waals surface area contributed by atoms with Crippen LogP contribution in [0.3, 0.4) is 0 Å². The first-order valence-corrected chi connectivity index (χ1v) is 9.03. The van der Waals surface area contributed by atoms with Crippen molar-refractivity contribution in [2.75, 3.05) is 5.32 Å². The SMILES string of the molecule is O=C(Nc1ccc(-c2cn3ccsc3n2)cc1)c1cccc(Cl)c1Cl. The number of carbonyl (C=O) groups excluding carboxylic acids is 1. The number of hydrogen-bond acceptors (Lipinski definition) is 3. The predicted molar refractivity (Wildman–Crippen MR) is 103 cm³/mol. The van der Waals surface area contributed by atoms with E-state index >= 15 is 0 Å². The summed E-state index contributed by atoms with van der Waals surface area (Å²) >= 11 is 13.6. The van der Waals surface area contributed by atoms with E-state index in [-0.39, 0.29) is 10.9 Å². The van der Waals surface area contributed by atoms with Crippen molar-refractivity contribution in [3.05, 3.63) is 75.8 Å². The van der Waals surface area contributed by atoms with Crippen LogP contribution in [0, 0.1) is 0 Å². The van der Waals surface area contributed by atoms with Gasteiger partial charge in [0.15, 0.2) is 4.96 Å². The van der Waals surface area contributed by atoms with E-state index in [1.54, 1.807) is 29.5 Å². The summed E-state index contributed by atoms with van der Waals surface area (Å²) in [4.78, 5) is 17.9. The van der Waals surface area contributed by atoms with Gasteiger partial charge in [-0.05, 0) is 24.3 Å². The number of anilines is 1. The van der Waals surface area contributed by atoms with Gasteiger partial charge >= 0.3 is 0 Å². The molecule has 2 heterocycles. The number of hydrogen-bond donors (Lipinski definition) is 1. The monoisotopic (exact) mass is 387 g/mol. The molecule has 4 aromatic rings. The number of halogens is 2. The highest BCUT2D eigenvalue weighted by Crippen LogP contribution is 2.27. The number of nitrogens with zero attached hydrogens (tertiary/aromatic N) is 2. The lowest BCUT2D eigenvalue weighted by molar-refractivity contribution is 0.102. The van der Waals surface area contributed by atoms with Crippen LogP contribution in [0.15, 0.2) is 60.2 Å². The molecule has 0 fully saturated rings. The molecule has 2 aromatic heterocycles. The molecule has 4 rings (SSSR count). The highest BCUT2D eigenvalue weighted by molar-refractivity contribution is 7.15. The number of carbonyl (C=O) groups is 1. The second-order valence-electron chi connectivity index (χ2n) is 5.35. The molecule has 0 atom stereocenters. The quantitative estimate of drug-likeness (QED) is 0.495. The zero-order valence-electron chi connectivity index (χ0n) is 12.7. The number of imidazole rings is 1. The van der Waals surface area contributed by atoms with E-state index in [2.05, 4.69) is 10.3 Å². The van der Waals surface area contributed by atoms with Gasteiger partial charge in [0.05, 0.1) is 21.3 Å². The van der Waals surface area contributed by atoms with Gasteiger partial charge in [-0.15, -0.1) is 11.3 Å². The van der Waals surface area contributed by atoms with Crippen LogP contribution in [0.1, 0.15) is 10.4 Å². The summed E-state index contributed by atoms with van der Waals surface area (Å²) in [6, 6.07) is 12.5. The Morgan fingerprint density at radius 1 is 1.12 bits per heavy atom. The van der Waals surface area contributed by atoms with E-state index in [9.17, 15) is 4.79 Å². The normalized spacial score (nSPS) is 11.0. The molecule has 0 spiro atoms. The molecule has 4 nitrogen and oxygen atoms in total. The van der Waals surface area contributed by atoms with Crippen LogP contribution < -0.4 is 5.32 Å². The Balaban J connectivity index is 1.55. The summed E-state index contributed by atoms with van der Waals surface area (Å²) in [5, 5.41) is 5.41. The van der Waals surface area contributed by atoms with Crippen LogP contribution in [-0.2, 0) is 0 Å². The average Bonchev–Trinajstić information content (AvgIpc) is 3.20. The van der Waals surface area contributed by atoms with Crippen molar-refractivity contribution in [1.82, 2.24) is 9.38 Å². The first-order chi connectivity index (χ1) is 12.1. The van der Waals surface area contributed by atoms with Crippen molar-refractivity contribution >= 4 is 51.1 Å². The molecular weight excluding hydrogens is 377 g/mol. The highest BCUT2D eigenvalue weighted by atomic mass is 35.5. The molecule has 2 aromatic carbocycles. The molecule has 0 bridgehead atoms. The number of amides is 1. The molecule has 0 aliphatic rings. The van der Waals surface area contributed by atoms with Crippen LogP contribution in [0.2, 0.25) is 10.0 Å². The molecule has 0 unspecified atom stereocenters. The number of benzene rings is 2. The number of nitrogens with one attached hydrogen (secondary N) is 1. The van der Waals surface area contributed by atoms with Crippen molar-refractivity contribution in [3.8, 4) is 11.3 Å². The molecule has 0 saturated heterocycles. The fourth-order valence-electron chi connectivity index (χ4n) is 2.47. The third-order valence-electron chi connectivity index (χ3n) is 3.73. The fourth-order valence-corrected chi connectivity index (χ4v) is 3.55. The van der Waals surface area contributed by atoms with Gasteiger partial charge < -0.3 is 5.32 Å². The lowest BCUT2D eigenvalue weighted by Crippen LogP contribution is -2.12. The lowest BCUT2D eigenvalue weighted by Gasteiger charge is -2.08. The molecular formula is C18H11Cl2N3OS. The molecule has 1 N–H and O–H groups in total. The van der Waals surface area contributed by atoms with E-state index < -0.39 is 0 Å². The largest absolute Gasteiger partial charge is 0.322 e. The molecule has 25 heavy (non-hydrogen) atoms. The van der Waals surface area contributed by atoms with Gasteiger partial charge in [-0.3, -0.25) is 9.20 Å². The van der Waals surface area contributed by atoms with Crippen LogP contribution >= 0.6 is 34.5 Å².